The number of carbonyl (C=O) groups excluding carboxylic acids is 5. The number of carboxylic acids is 3. The van der Waals surface area contributed by atoms with E-state index in [4.69, 9.17) is 4.74 Å². The van der Waals surface area contributed by atoms with E-state index < -0.39 is 24.0 Å². The third-order valence-electron chi connectivity index (χ3n) is 15.6. The van der Waals surface area contributed by atoms with Crippen molar-refractivity contribution in [2.75, 3.05) is 91.6 Å². The second kappa shape index (κ2) is 24.5. The standard InChI is InChI=1S/C46H78N6O9.Gd/c1-32(2)7-6-8-33(3)37-11-12-38-36-10-9-34-27-35(13-15-45(34,4)39(36)14-16-46(37,38)5)61-44(60)48-18-17-47-40(53)28-49-19-21-50(29-41(54)55)23-25-52(31-43(58)59)26-24-51(22-20-49)30-42(56)57;/h9,32-33,35-39H,6-8,10-31H2,1-5H3,(H,47,53)(H,48,60)(H,54,55)(H,56,57)(H,58,59);/q;+3/p-3/t33-,35+,36+,37-,38+,39+,45+,46-;/m1./s1. The molecule has 5 aliphatic rings. The van der Waals surface area contributed by atoms with E-state index >= 15 is 0 Å². The van der Waals surface area contributed by atoms with Crippen LogP contribution in [0.25, 0.3) is 0 Å². The first-order valence-corrected chi connectivity index (χ1v) is 23.4. The van der Waals surface area contributed by atoms with E-state index in [-0.39, 0.29) is 136 Å². The fourth-order valence-electron chi connectivity index (χ4n) is 12.3. The molecule has 16 heteroatoms. The minimum Gasteiger partial charge on any atom is -0.549 e. The van der Waals surface area contributed by atoms with Crippen molar-refractivity contribution in [1.82, 2.24) is 30.2 Å². The van der Waals surface area contributed by atoms with Gasteiger partial charge in [0.2, 0.25) is 5.91 Å². The van der Waals surface area contributed by atoms with Crippen molar-refractivity contribution in [2.45, 2.75) is 111 Å². The zero-order chi connectivity index (χ0) is 44.3. The van der Waals surface area contributed by atoms with Crippen LogP contribution in [0.1, 0.15) is 105 Å². The number of hydrogen-bond donors (Lipinski definition) is 2. The Morgan fingerprint density at radius 1 is 0.710 bits per heavy atom. The van der Waals surface area contributed by atoms with Gasteiger partial charge in [-0.15, -0.1) is 0 Å². The summed E-state index contributed by atoms with van der Waals surface area (Å²) < 4.78 is 5.94. The smallest absolute Gasteiger partial charge is 0.549 e. The predicted molar refractivity (Wildman–Crippen MR) is 225 cm³/mol. The maximum Gasteiger partial charge on any atom is 3.00 e. The van der Waals surface area contributed by atoms with Gasteiger partial charge in [-0.25, -0.2) is 4.79 Å². The van der Waals surface area contributed by atoms with Crippen molar-refractivity contribution in [2.24, 2.45) is 46.3 Å². The Balaban J connectivity index is 0.00000845. The molecule has 4 fully saturated rings. The Morgan fingerprint density at radius 3 is 1.77 bits per heavy atom. The molecule has 4 aliphatic carbocycles. The molecule has 8 atom stereocenters. The third-order valence-corrected chi connectivity index (χ3v) is 15.6. The molecule has 0 bridgehead atoms. The van der Waals surface area contributed by atoms with E-state index in [9.17, 15) is 39.3 Å². The van der Waals surface area contributed by atoms with Crippen LogP contribution in [0, 0.1) is 86.3 Å². The van der Waals surface area contributed by atoms with Crippen LogP contribution in [0.4, 0.5) is 4.79 Å². The second-order valence-electron chi connectivity index (χ2n) is 20.1. The predicted octanol–water partition coefficient (Wildman–Crippen LogP) is 0.710. The molecular formula is C46H75GdN6O9. The SMILES string of the molecule is CC(C)CCC[C@@H](C)[C@H]1CC[C@H]2[C@@H]3CC=C4C[C@@H](OC(=O)NCCNC(=O)CN5CCN(CC(=O)[O-])CCN(CC(=O)[O-])CCN(CC(=O)[O-])CC5)CC[C@]4(C)[C@H]3CC[C@]12C.[Gd+3]. The fraction of sp³-hybridized carbons (Fsp3) is 0.848. The molecule has 2 amide bonds. The minimum absolute atomic E-state index is 0. The number of aliphatic carboxylic acids is 3. The number of hydrogen-bond acceptors (Lipinski definition) is 13. The van der Waals surface area contributed by atoms with Crippen LogP contribution in [0.15, 0.2) is 11.6 Å². The maximum absolute atomic E-state index is 13.1. The fourth-order valence-corrected chi connectivity index (χ4v) is 12.3. The molecule has 0 aromatic heterocycles. The normalized spacial score (nSPS) is 30.8. The summed E-state index contributed by atoms with van der Waals surface area (Å²) in [4.78, 5) is 66.9. The Hall–Kier alpha value is -1.95. The summed E-state index contributed by atoms with van der Waals surface area (Å²) in [5.74, 6) is 0.495. The number of carboxylic acid groups (broad SMARTS) is 3. The van der Waals surface area contributed by atoms with Crippen LogP contribution in [0.3, 0.4) is 0 Å². The number of ether oxygens (including phenoxy) is 1. The third kappa shape index (κ3) is 14.8. The number of fused-ring (bicyclic) bond motifs is 5. The van der Waals surface area contributed by atoms with Crippen molar-refractivity contribution >= 4 is 29.9 Å². The number of nitrogens with one attached hydrogen (secondary N) is 2. The van der Waals surface area contributed by atoms with Gasteiger partial charge >= 0.3 is 46.0 Å². The molecule has 1 aliphatic heterocycles. The van der Waals surface area contributed by atoms with Crippen molar-refractivity contribution < 1.29 is 84.0 Å². The van der Waals surface area contributed by atoms with E-state index in [1.54, 1.807) is 14.7 Å². The first-order valence-electron chi connectivity index (χ1n) is 23.4. The van der Waals surface area contributed by atoms with Gasteiger partial charge in [0.25, 0.3) is 0 Å². The molecule has 62 heavy (non-hydrogen) atoms. The summed E-state index contributed by atoms with van der Waals surface area (Å²) in [6, 6.07) is 0. The number of rotatable bonds is 17. The molecule has 3 saturated carbocycles. The molecule has 0 spiro atoms. The van der Waals surface area contributed by atoms with Gasteiger partial charge in [-0.1, -0.05) is 65.5 Å². The van der Waals surface area contributed by atoms with Gasteiger partial charge in [0.15, 0.2) is 0 Å². The topological polar surface area (TPSA) is 201 Å². The van der Waals surface area contributed by atoms with Gasteiger partial charge in [0.1, 0.15) is 6.10 Å². The van der Waals surface area contributed by atoms with Gasteiger partial charge in [-0.05, 0) is 91.3 Å². The average molecular weight is 1010 g/mol. The maximum atomic E-state index is 13.1. The Morgan fingerprint density at radius 2 is 1.24 bits per heavy atom. The molecule has 0 aromatic carbocycles. The largest absolute Gasteiger partial charge is 3.00 e. The van der Waals surface area contributed by atoms with E-state index in [1.165, 1.54) is 50.5 Å². The summed E-state index contributed by atoms with van der Waals surface area (Å²) in [6.45, 7) is 13.5. The number of alkyl carbamates (subject to hydrolysis) is 1. The molecule has 1 radical (unpaired) electrons. The molecule has 15 nitrogen and oxygen atoms in total. The number of nitrogens with zero attached hydrogens (tertiary/aromatic N) is 4. The molecule has 5 rings (SSSR count). The molecule has 0 aromatic rings. The summed E-state index contributed by atoms with van der Waals surface area (Å²) in [5, 5.41) is 39.9. The van der Waals surface area contributed by atoms with Gasteiger partial charge in [-0.2, -0.15) is 0 Å². The molecule has 1 saturated heterocycles. The van der Waals surface area contributed by atoms with E-state index in [0.717, 1.165) is 55.3 Å². The van der Waals surface area contributed by atoms with E-state index in [0.29, 0.717) is 24.4 Å². The van der Waals surface area contributed by atoms with Crippen LogP contribution in [0.5, 0.6) is 0 Å². The first-order chi connectivity index (χ1) is 29.0. The minimum atomic E-state index is -1.29. The van der Waals surface area contributed by atoms with Crippen molar-refractivity contribution in [3.05, 3.63) is 11.6 Å². The zero-order valence-electron chi connectivity index (χ0n) is 38.1. The van der Waals surface area contributed by atoms with Crippen molar-refractivity contribution in [1.29, 1.82) is 0 Å². The summed E-state index contributed by atoms with van der Waals surface area (Å²) in [5.41, 5.74) is 2.08. The number of allylic oxidation sites excluding steroid dienone is 1. The Kier molecular flexibility index (Phi) is 20.9. The van der Waals surface area contributed by atoms with Gasteiger partial charge in [0, 0.05) is 91.5 Å². The monoisotopic (exact) mass is 1010 g/mol. The van der Waals surface area contributed by atoms with Crippen LogP contribution in [-0.4, -0.2) is 147 Å². The van der Waals surface area contributed by atoms with Crippen molar-refractivity contribution in [3.8, 4) is 0 Å². The Labute approximate surface area is 402 Å². The van der Waals surface area contributed by atoms with Crippen LogP contribution >= 0.6 is 0 Å². The van der Waals surface area contributed by atoms with Crippen molar-refractivity contribution in [3.63, 3.8) is 0 Å². The Bertz CT molecular complexity index is 1520. The van der Waals surface area contributed by atoms with Crippen LogP contribution < -0.4 is 26.0 Å². The average Bonchev–Trinajstić information content (AvgIpc) is 3.54. The molecule has 351 valence electrons. The van der Waals surface area contributed by atoms with Crippen LogP contribution in [0.2, 0.25) is 0 Å². The number of amides is 2. The first kappa shape index (κ1) is 52.7. The quantitative estimate of drug-likeness (QED) is 0.153. The summed E-state index contributed by atoms with van der Waals surface area (Å²) in [6.07, 6.45) is 15.0. The molecule has 1 heterocycles. The van der Waals surface area contributed by atoms with Gasteiger partial charge < -0.3 is 45.1 Å². The summed E-state index contributed by atoms with van der Waals surface area (Å²) >= 11 is 0. The van der Waals surface area contributed by atoms with Gasteiger partial charge in [0.05, 0.1) is 24.5 Å². The zero-order valence-corrected chi connectivity index (χ0v) is 40.4. The molecule has 2 N–H and O–H groups in total. The van der Waals surface area contributed by atoms with E-state index in [2.05, 4.69) is 51.3 Å². The van der Waals surface area contributed by atoms with Gasteiger partial charge in [-0.3, -0.25) is 24.4 Å². The van der Waals surface area contributed by atoms with E-state index in [1.807, 2.05) is 4.90 Å². The van der Waals surface area contributed by atoms with Crippen LogP contribution in [-0.2, 0) is 23.9 Å². The molecule has 0 unspecified atom stereocenters. The second-order valence-corrected chi connectivity index (χ2v) is 20.1. The summed E-state index contributed by atoms with van der Waals surface area (Å²) in [7, 11) is 0. The molecular weight excluding hydrogens is 938 g/mol. The number of carbonyl (C=O) groups is 5.